The molecule has 0 aromatic carbocycles. The highest BCUT2D eigenvalue weighted by molar-refractivity contribution is 8.01. The Morgan fingerprint density at radius 1 is 1.15 bits per heavy atom. The monoisotopic (exact) mass is 499 g/mol. The van der Waals surface area contributed by atoms with Crippen molar-refractivity contribution >= 4 is 40.2 Å². The molecule has 0 saturated heterocycles. The molecule has 2 aliphatic carbocycles. The Balaban J connectivity index is 1.55. The van der Waals surface area contributed by atoms with Gasteiger partial charge in [-0.25, -0.2) is 9.78 Å². The summed E-state index contributed by atoms with van der Waals surface area (Å²) in [5, 5.41) is 12.4. The number of thiazole rings is 1. The van der Waals surface area contributed by atoms with Crippen molar-refractivity contribution in [1.82, 2.24) is 9.88 Å². The molecule has 2 N–H and O–H groups in total. The van der Waals surface area contributed by atoms with Crippen LogP contribution in [-0.4, -0.2) is 71.8 Å². The maximum absolute atomic E-state index is 13.4. The minimum atomic E-state index is -0.806. The van der Waals surface area contributed by atoms with E-state index in [1.165, 1.54) is 42.4 Å². The number of anilines is 1. The number of amides is 2. The summed E-state index contributed by atoms with van der Waals surface area (Å²) in [5.74, 6) is 0.246. The van der Waals surface area contributed by atoms with Crippen molar-refractivity contribution in [3.8, 4) is 0 Å². The number of carboxylic acid groups (broad SMARTS) is 1. The van der Waals surface area contributed by atoms with E-state index in [2.05, 4.69) is 15.2 Å². The number of aromatic nitrogens is 1. The molecule has 33 heavy (non-hydrogen) atoms. The lowest BCUT2D eigenvalue weighted by Crippen LogP contribution is -2.51. The molecule has 0 spiro atoms. The molecule has 0 atom stereocenters. The van der Waals surface area contributed by atoms with Gasteiger partial charge in [0.1, 0.15) is 0 Å². The number of thioether (sulfide) groups is 1. The highest BCUT2D eigenvalue weighted by Crippen LogP contribution is 2.34. The van der Waals surface area contributed by atoms with Gasteiger partial charge < -0.3 is 19.5 Å². The number of urea groups is 1. The Labute approximate surface area is 204 Å². The number of methoxy groups -OCH3 is 1. The van der Waals surface area contributed by atoms with Gasteiger partial charge in [0.15, 0.2) is 5.13 Å². The fraction of sp³-hybridized carbons (Fsp3) is 0.783. The number of carbonyl (C=O) groups excluding carboxylic acids is 1. The summed E-state index contributed by atoms with van der Waals surface area (Å²) in [6.07, 6.45) is 11.8. The quantitative estimate of drug-likeness (QED) is 0.305. The van der Waals surface area contributed by atoms with E-state index in [4.69, 9.17) is 14.6 Å². The van der Waals surface area contributed by atoms with E-state index in [-0.39, 0.29) is 18.5 Å². The Bertz CT molecular complexity index is 733. The number of carboxylic acids is 1. The summed E-state index contributed by atoms with van der Waals surface area (Å²) in [5.41, 5.74) is 0. The molecule has 1 heterocycles. The molecule has 8 nitrogen and oxygen atoms in total. The van der Waals surface area contributed by atoms with Gasteiger partial charge in [-0.2, -0.15) is 0 Å². The van der Waals surface area contributed by atoms with Crippen LogP contribution in [0.2, 0.25) is 0 Å². The van der Waals surface area contributed by atoms with Crippen molar-refractivity contribution in [2.24, 2.45) is 5.92 Å². The zero-order valence-corrected chi connectivity index (χ0v) is 21.1. The molecular weight excluding hydrogens is 462 g/mol. The van der Waals surface area contributed by atoms with Gasteiger partial charge in [-0.05, 0) is 44.4 Å². The topological polar surface area (TPSA) is 101 Å². The summed E-state index contributed by atoms with van der Waals surface area (Å²) in [6.45, 7) is 2.03. The number of carbonyl (C=O) groups is 2. The third-order valence-corrected chi connectivity index (χ3v) is 8.57. The van der Waals surface area contributed by atoms with Crippen molar-refractivity contribution in [3.05, 3.63) is 6.20 Å². The van der Waals surface area contributed by atoms with E-state index in [1.54, 1.807) is 13.3 Å². The summed E-state index contributed by atoms with van der Waals surface area (Å²) in [7, 11) is 1.68. The number of aliphatic carboxylic acids is 1. The number of nitrogens with zero attached hydrogens (tertiary/aromatic N) is 2. The van der Waals surface area contributed by atoms with Crippen LogP contribution in [0.4, 0.5) is 9.93 Å². The molecule has 0 aliphatic heterocycles. The zero-order valence-electron chi connectivity index (χ0n) is 19.5. The fourth-order valence-corrected chi connectivity index (χ4v) is 6.62. The summed E-state index contributed by atoms with van der Waals surface area (Å²) in [4.78, 5) is 30.6. The Morgan fingerprint density at radius 2 is 1.88 bits per heavy atom. The lowest BCUT2D eigenvalue weighted by molar-refractivity contribution is -0.136. The van der Waals surface area contributed by atoms with Crippen LogP contribution in [0.5, 0.6) is 0 Å². The second kappa shape index (κ2) is 14.1. The lowest BCUT2D eigenvalue weighted by atomic mass is 9.84. The molecule has 0 radical (unpaired) electrons. The van der Waals surface area contributed by atoms with Gasteiger partial charge in [-0.1, -0.05) is 30.6 Å². The van der Waals surface area contributed by atoms with E-state index < -0.39 is 5.97 Å². The first-order valence-electron chi connectivity index (χ1n) is 12.0. The average molecular weight is 500 g/mol. The zero-order chi connectivity index (χ0) is 23.5. The van der Waals surface area contributed by atoms with Gasteiger partial charge in [-0.15, -0.1) is 11.8 Å². The van der Waals surface area contributed by atoms with Crippen LogP contribution in [0.1, 0.15) is 64.2 Å². The summed E-state index contributed by atoms with van der Waals surface area (Å²) in [6, 6.07) is 0.508. The maximum Gasteiger partial charge on any atom is 0.324 e. The molecule has 3 rings (SSSR count). The normalized spacial score (nSPS) is 21.6. The van der Waals surface area contributed by atoms with Gasteiger partial charge >= 0.3 is 12.0 Å². The SMILES string of the molecule is COCCOC[C@H]1CC[C@H](N(C(=O)Nc2ncc(SCCC(=O)O)s2)C2CCCCC2)CC1. The minimum absolute atomic E-state index is 0.0434. The number of nitrogens with one attached hydrogen (secondary N) is 1. The highest BCUT2D eigenvalue weighted by atomic mass is 32.2. The first-order chi connectivity index (χ1) is 16.1. The average Bonchev–Trinajstić information content (AvgIpc) is 3.25. The van der Waals surface area contributed by atoms with E-state index in [0.29, 0.717) is 36.1 Å². The van der Waals surface area contributed by atoms with Gasteiger partial charge in [0.2, 0.25) is 0 Å². The summed E-state index contributed by atoms with van der Waals surface area (Å²) < 4.78 is 11.7. The van der Waals surface area contributed by atoms with Crippen molar-refractivity contribution in [2.75, 3.05) is 38.0 Å². The number of hydrogen-bond donors (Lipinski definition) is 2. The molecule has 186 valence electrons. The van der Waals surface area contributed by atoms with Gasteiger partial charge in [0.05, 0.1) is 30.0 Å². The Hall–Kier alpha value is -1.36. The Kier molecular flexibility index (Phi) is 11.2. The standard InChI is InChI=1S/C23H37N3O5S2/c1-30-12-13-31-16-17-7-9-19(10-8-17)26(18-5-3-2-4-6-18)23(29)25-22-24-15-21(33-22)32-14-11-20(27)28/h15,17-19H,2-14,16H2,1H3,(H,27,28)(H,24,25,29)/t17-,19-. The molecule has 10 heteroatoms. The number of rotatable bonds is 12. The third kappa shape index (κ3) is 8.73. The second-order valence-electron chi connectivity index (χ2n) is 8.85. The molecular formula is C23H37N3O5S2. The molecule has 2 saturated carbocycles. The van der Waals surface area contributed by atoms with Crippen LogP contribution in [0.15, 0.2) is 10.4 Å². The van der Waals surface area contributed by atoms with Crippen molar-refractivity contribution in [1.29, 1.82) is 0 Å². The first-order valence-corrected chi connectivity index (χ1v) is 13.8. The van der Waals surface area contributed by atoms with Gasteiger partial charge in [0.25, 0.3) is 0 Å². The van der Waals surface area contributed by atoms with E-state index in [9.17, 15) is 9.59 Å². The molecule has 2 aliphatic rings. The molecule has 0 unspecified atom stereocenters. The smallest absolute Gasteiger partial charge is 0.324 e. The van der Waals surface area contributed by atoms with Crippen LogP contribution in [0.25, 0.3) is 0 Å². The van der Waals surface area contributed by atoms with Gasteiger partial charge in [-0.3, -0.25) is 10.1 Å². The van der Waals surface area contributed by atoms with Crippen molar-refractivity contribution in [3.63, 3.8) is 0 Å². The van der Waals surface area contributed by atoms with Crippen molar-refractivity contribution < 1.29 is 24.2 Å². The molecule has 2 amide bonds. The van der Waals surface area contributed by atoms with Crippen LogP contribution >= 0.6 is 23.1 Å². The van der Waals surface area contributed by atoms with Crippen LogP contribution < -0.4 is 5.32 Å². The molecule has 1 aromatic heterocycles. The number of ether oxygens (including phenoxy) is 2. The molecule has 1 aromatic rings. The number of hydrogen-bond acceptors (Lipinski definition) is 7. The predicted molar refractivity (Wildman–Crippen MR) is 131 cm³/mol. The second-order valence-corrected chi connectivity index (χ2v) is 11.3. The lowest BCUT2D eigenvalue weighted by Gasteiger charge is -2.42. The summed E-state index contributed by atoms with van der Waals surface area (Å²) >= 11 is 2.87. The Morgan fingerprint density at radius 3 is 2.58 bits per heavy atom. The molecule has 2 fully saturated rings. The van der Waals surface area contributed by atoms with Crippen molar-refractivity contribution in [2.45, 2.75) is 80.5 Å². The van der Waals surface area contributed by atoms with E-state index >= 15 is 0 Å². The third-order valence-electron chi connectivity index (χ3n) is 6.46. The van der Waals surface area contributed by atoms with E-state index in [1.807, 2.05) is 0 Å². The predicted octanol–water partition coefficient (Wildman–Crippen LogP) is 5.10. The van der Waals surface area contributed by atoms with Gasteiger partial charge in [0, 0.05) is 31.6 Å². The van der Waals surface area contributed by atoms with Crippen LogP contribution in [0.3, 0.4) is 0 Å². The molecule has 0 bridgehead atoms. The van der Waals surface area contributed by atoms with Crippen LogP contribution in [0, 0.1) is 5.92 Å². The maximum atomic E-state index is 13.4. The first kappa shape index (κ1) is 26.2. The highest BCUT2D eigenvalue weighted by Gasteiger charge is 2.34. The largest absolute Gasteiger partial charge is 0.481 e. The van der Waals surface area contributed by atoms with Crippen LogP contribution in [-0.2, 0) is 14.3 Å². The van der Waals surface area contributed by atoms with E-state index in [0.717, 1.165) is 49.3 Å². The minimum Gasteiger partial charge on any atom is -0.481 e. The fourth-order valence-electron chi connectivity index (χ4n) is 4.75.